The van der Waals surface area contributed by atoms with E-state index < -0.39 is 71.2 Å². The Labute approximate surface area is 217 Å². The summed E-state index contributed by atoms with van der Waals surface area (Å²) in [7, 11) is 1.37. The predicted molar refractivity (Wildman–Crippen MR) is 128 cm³/mol. The fourth-order valence-corrected chi connectivity index (χ4v) is 6.95. The molecule has 5 N–H and O–H groups in total. The first-order valence-electron chi connectivity index (χ1n) is 11.1. The second-order valence-electron chi connectivity index (χ2n) is 9.28. The van der Waals surface area contributed by atoms with Crippen LogP contribution in [-0.2, 0) is 19.2 Å². The molecule has 4 aliphatic rings. The highest BCUT2D eigenvalue weighted by Gasteiger charge is 2.63. The van der Waals surface area contributed by atoms with Gasteiger partial charge in [0.05, 0.1) is 34.4 Å². The van der Waals surface area contributed by atoms with E-state index in [1.165, 1.54) is 13.2 Å². The molecule has 5 rings (SSSR count). The maximum absolute atomic E-state index is 13.3. The van der Waals surface area contributed by atoms with Gasteiger partial charge in [-0.2, -0.15) is 9.80 Å². The lowest BCUT2D eigenvalue weighted by Crippen LogP contribution is -2.44. The first-order chi connectivity index (χ1) is 17.0. The number of carbonyl (C=O) groups excluding carboxylic acids is 6. The monoisotopic (exact) mass is 608 g/mol. The van der Waals surface area contributed by atoms with Crippen LogP contribution in [0.25, 0.3) is 0 Å². The molecule has 8 amide bonds. The summed E-state index contributed by atoms with van der Waals surface area (Å²) in [6, 6.07) is 0.808. The van der Waals surface area contributed by atoms with E-state index in [0.717, 1.165) is 0 Å². The largest absolute Gasteiger partial charge is 0.504 e. The fraction of sp³-hybridized carbons (Fsp3) is 0.391. The predicted octanol–water partition coefficient (Wildman–Crippen LogP) is 0.799. The third-order valence-electron chi connectivity index (χ3n) is 7.72. The van der Waals surface area contributed by atoms with Gasteiger partial charge in [0.25, 0.3) is 0 Å². The lowest BCUT2D eigenvalue weighted by molar-refractivity contribution is -0.138. The summed E-state index contributed by atoms with van der Waals surface area (Å²) < 4.78 is 5.71. The van der Waals surface area contributed by atoms with Crippen LogP contribution in [0.5, 0.6) is 11.5 Å². The summed E-state index contributed by atoms with van der Waals surface area (Å²) >= 11 is 1.90. The van der Waals surface area contributed by atoms with Crippen molar-refractivity contribution in [2.45, 2.75) is 18.8 Å². The lowest BCUT2D eigenvalue weighted by atomic mass is 9.57. The van der Waals surface area contributed by atoms with Gasteiger partial charge in [-0.05, 0) is 59.0 Å². The van der Waals surface area contributed by atoms with E-state index in [0.29, 0.717) is 24.5 Å². The Hall–Kier alpha value is -3.49. The summed E-state index contributed by atoms with van der Waals surface area (Å²) in [5, 5.41) is 10.3. The van der Waals surface area contributed by atoms with Gasteiger partial charge in [0.1, 0.15) is 0 Å². The quantitative estimate of drug-likeness (QED) is 0.250. The summed E-state index contributed by atoms with van der Waals surface area (Å²) in [5.41, 5.74) is 11.8. The number of nitrogens with zero attached hydrogens (tertiary/aromatic N) is 2. The van der Waals surface area contributed by atoms with Crippen molar-refractivity contribution in [3.8, 4) is 11.5 Å². The molecule has 6 atom stereocenters. The fourth-order valence-electron chi connectivity index (χ4n) is 6.33. The van der Waals surface area contributed by atoms with Crippen molar-refractivity contribution in [3.63, 3.8) is 0 Å². The molecule has 0 bridgehead atoms. The average molecular weight is 608 g/mol. The number of nitrogens with two attached hydrogens (primary N) is 2. The number of primary amides is 2. The number of methoxy groups -OCH3 is 1. The highest BCUT2D eigenvalue weighted by molar-refractivity contribution is 14.1. The van der Waals surface area contributed by atoms with Crippen LogP contribution in [0.15, 0.2) is 23.8 Å². The topological polar surface area (TPSA) is 190 Å². The molecule has 1 aromatic rings. The summed E-state index contributed by atoms with van der Waals surface area (Å²) in [6.07, 6.45) is 1.91. The molecule has 1 aromatic carbocycles. The minimum absolute atomic E-state index is 0.0143. The molecular weight excluding hydrogens is 587 g/mol. The number of aromatic hydroxyl groups is 1. The molecule has 188 valence electrons. The number of halogens is 1. The zero-order chi connectivity index (χ0) is 26.2. The van der Waals surface area contributed by atoms with Gasteiger partial charge in [0, 0.05) is 5.92 Å². The molecule has 0 radical (unpaired) electrons. The maximum Gasteiger partial charge on any atom is 0.328 e. The summed E-state index contributed by atoms with van der Waals surface area (Å²) in [6.45, 7) is 0. The number of urea groups is 2. The molecule has 2 saturated heterocycles. The van der Waals surface area contributed by atoms with E-state index in [1.54, 1.807) is 12.1 Å². The molecule has 2 heterocycles. The van der Waals surface area contributed by atoms with E-state index in [9.17, 15) is 33.9 Å². The van der Waals surface area contributed by atoms with E-state index in [-0.39, 0.29) is 24.3 Å². The SMILES string of the molecule is COc1cc([C@H]2C3=CC[C@@H]4C(=O)N(C(N)=O)C(=O)[C@@H]4[C@@H]3C[C@H]3C(=O)N(C(N)=O)C(=O)[C@@H]23)cc(I)c1O. The van der Waals surface area contributed by atoms with E-state index >= 15 is 0 Å². The number of allylic oxidation sites excluding steroid dienone is 2. The third-order valence-corrected chi connectivity index (χ3v) is 8.54. The molecule has 1 saturated carbocycles. The number of rotatable bonds is 2. The molecular formula is C23H21IN4O8. The molecule has 3 fully saturated rings. The van der Waals surface area contributed by atoms with Crippen molar-refractivity contribution < 1.29 is 38.6 Å². The third kappa shape index (κ3) is 3.17. The number of imide groups is 6. The summed E-state index contributed by atoms with van der Waals surface area (Å²) in [5.74, 6) is -8.13. The van der Waals surface area contributed by atoms with Crippen LogP contribution in [0, 0.1) is 33.2 Å². The highest BCUT2D eigenvalue weighted by Crippen LogP contribution is 2.58. The van der Waals surface area contributed by atoms with Gasteiger partial charge >= 0.3 is 12.1 Å². The van der Waals surface area contributed by atoms with E-state index in [2.05, 4.69) is 0 Å². The Kier molecular flexibility index (Phi) is 5.57. The Morgan fingerprint density at radius 3 is 2.11 bits per heavy atom. The zero-order valence-corrected chi connectivity index (χ0v) is 21.0. The van der Waals surface area contributed by atoms with Crippen LogP contribution >= 0.6 is 22.6 Å². The minimum atomic E-state index is -1.20. The van der Waals surface area contributed by atoms with Crippen LogP contribution < -0.4 is 16.2 Å². The normalized spacial score (nSPS) is 31.1. The number of hydrogen-bond acceptors (Lipinski definition) is 8. The van der Waals surface area contributed by atoms with Gasteiger partial charge in [-0.25, -0.2) is 9.59 Å². The number of phenols is 1. The second-order valence-corrected chi connectivity index (χ2v) is 10.4. The van der Waals surface area contributed by atoms with Crippen LogP contribution in [0.4, 0.5) is 9.59 Å². The molecule has 13 heteroatoms. The van der Waals surface area contributed by atoms with Crippen molar-refractivity contribution in [1.82, 2.24) is 9.80 Å². The maximum atomic E-state index is 13.3. The Balaban J connectivity index is 1.69. The number of fused-ring (bicyclic) bond motifs is 4. The van der Waals surface area contributed by atoms with E-state index in [4.69, 9.17) is 16.2 Å². The number of likely N-dealkylation sites (tertiary alicyclic amines) is 2. The Bertz CT molecular complexity index is 1310. The number of benzene rings is 1. The highest BCUT2D eigenvalue weighted by atomic mass is 127. The van der Waals surface area contributed by atoms with Crippen molar-refractivity contribution in [2.75, 3.05) is 7.11 Å². The first kappa shape index (κ1) is 24.2. The van der Waals surface area contributed by atoms with Crippen LogP contribution in [0.3, 0.4) is 0 Å². The number of carbonyl (C=O) groups is 6. The zero-order valence-electron chi connectivity index (χ0n) is 18.8. The average Bonchev–Trinajstić information content (AvgIpc) is 3.23. The summed E-state index contributed by atoms with van der Waals surface area (Å²) in [4.78, 5) is 77.2. The van der Waals surface area contributed by atoms with Crippen molar-refractivity contribution in [3.05, 3.63) is 32.9 Å². The standard InChI is InChI=1S/C23H21IN4O8/c1-36-13-5-7(4-12(24)17(13)29)14-8-2-3-9-15(20(32)27(18(9)30)22(25)34)10(8)6-11-16(14)21(33)28(19(11)31)23(26)35/h2,4-5,9-11,14-16,29H,3,6H2,1H3,(H2,25,34)(H2,26,35)/t9-,10+,11+,14-,15-,16+/m0/s1. The smallest absolute Gasteiger partial charge is 0.328 e. The molecule has 36 heavy (non-hydrogen) atoms. The lowest BCUT2D eigenvalue weighted by Gasteiger charge is -2.44. The molecule has 0 spiro atoms. The number of phenolic OH excluding ortho intramolecular Hbond substituents is 1. The van der Waals surface area contributed by atoms with Gasteiger partial charge in [-0.3, -0.25) is 19.2 Å². The van der Waals surface area contributed by atoms with E-state index in [1.807, 2.05) is 22.6 Å². The Morgan fingerprint density at radius 1 is 0.944 bits per heavy atom. The van der Waals surface area contributed by atoms with Crippen molar-refractivity contribution in [1.29, 1.82) is 0 Å². The van der Waals surface area contributed by atoms with Gasteiger partial charge in [-0.1, -0.05) is 11.6 Å². The van der Waals surface area contributed by atoms with Crippen molar-refractivity contribution in [2.24, 2.45) is 41.1 Å². The van der Waals surface area contributed by atoms with Gasteiger partial charge < -0.3 is 21.3 Å². The molecule has 2 aliphatic carbocycles. The van der Waals surface area contributed by atoms with Gasteiger partial charge in [0.15, 0.2) is 11.5 Å². The molecule has 2 aliphatic heterocycles. The molecule has 0 unspecified atom stereocenters. The number of amides is 8. The van der Waals surface area contributed by atoms with Crippen LogP contribution in [-0.4, -0.2) is 57.7 Å². The minimum Gasteiger partial charge on any atom is -0.504 e. The van der Waals surface area contributed by atoms with Gasteiger partial charge in [0.2, 0.25) is 23.6 Å². The van der Waals surface area contributed by atoms with Crippen LogP contribution in [0.1, 0.15) is 24.3 Å². The Morgan fingerprint density at radius 2 is 1.53 bits per heavy atom. The molecule has 0 aromatic heterocycles. The molecule has 12 nitrogen and oxygen atoms in total. The first-order valence-corrected chi connectivity index (χ1v) is 12.2. The number of hydrogen-bond donors (Lipinski definition) is 3. The van der Waals surface area contributed by atoms with Crippen molar-refractivity contribution >= 4 is 58.3 Å². The van der Waals surface area contributed by atoms with Crippen LogP contribution in [0.2, 0.25) is 0 Å². The second kappa shape index (κ2) is 8.28. The number of ether oxygens (including phenoxy) is 1. The van der Waals surface area contributed by atoms with Gasteiger partial charge in [-0.15, -0.1) is 0 Å².